The van der Waals surface area contributed by atoms with Crippen molar-refractivity contribution in [1.29, 1.82) is 0 Å². The van der Waals surface area contributed by atoms with E-state index in [1.54, 1.807) is 12.1 Å². The van der Waals surface area contributed by atoms with Crippen LogP contribution in [0.5, 0.6) is 0 Å². The fourth-order valence-corrected chi connectivity index (χ4v) is 3.55. The standard InChI is InChI=1S/C19H21F2NO/c1-19(2)12-22(18-15(19)7-4-8-16(18)21)17(9-10-23)13-5-3-6-14(20)11-13/h3-8,11,17,23H,9-10,12H2,1-2H3/t17-/m1/s1. The molecule has 3 rings (SSSR count). The van der Waals surface area contributed by atoms with E-state index in [4.69, 9.17) is 0 Å². The molecule has 0 saturated carbocycles. The molecule has 2 aromatic rings. The molecule has 23 heavy (non-hydrogen) atoms. The van der Waals surface area contributed by atoms with Crippen LogP contribution in [0, 0.1) is 11.6 Å². The molecule has 0 unspecified atom stereocenters. The highest BCUT2D eigenvalue weighted by atomic mass is 19.1. The molecule has 1 aliphatic rings. The molecule has 0 aliphatic carbocycles. The molecule has 2 aromatic carbocycles. The Morgan fingerprint density at radius 1 is 1.17 bits per heavy atom. The number of anilines is 1. The van der Waals surface area contributed by atoms with Crippen LogP contribution < -0.4 is 4.90 Å². The minimum Gasteiger partial charge on any atom is -0.396 e. The predicted octanol–water partition coefficient (Wildman–Crippen LogP) is 4.19. The van der Waals surface area contributed by atoms with Gasteiger partial charge in [-0.05, 0) is 35.7 Å². The van der Waals surface area contributed by atoms with Gasteiger partial charge in [0.1, 0.15) is 11.6 Å². The SMILES string of the molecule is CC1(C)CN([C@H](CCO)c2cccc(F)c2)c2c(F)cccc21. The van der Waals surface area contributed by atoms with E-state index in [1.807, 2.05) is 17.0 Å². The summed E-state index contributed by atoms with van der Waals surface area (Å²) in [4.78, 5) is 1.97. The van der Waals surface area contributed by atoms with E-state index >= 15 is 0 Å². The van der Waals surface area contributed by atoms with Gasteiger partial charge in [-0.1, -0.05) is 38.1 Å². The summed E-state index contributed by atoms with van der Waals surface area (Å²) in [6, 6.07) is 11.2. The number of hydrogen-bond donors (Lipinski definition) is 1. The second-order valence-electron chi connectivity index (χ2n) is 6.73. The summed E-state index contributed by atoms with van der Waals surface area (Å²) in [6.45, 7) is 4.74. The Hall–Kier alpha value is -1.94. The van der Waals surface area contributed by atoms with Crippen molar-refractivity contribution in [1.82, 2.24) is 0 Å². The molecule has 4 heteroatoms. The molecule has 0 saturated heterocycles. The highest BCUT2D eigenvalue weighted by molar-refractivity contribution is 5.64. The Kier molecular flexibility index (Phi) is 4.11. The Labute approximate surface area is 135 Å². The quantitative estimate of drug-likeness (QED) is 0.914. The lowest BCUT2D eigenvalue weighted by Gasteiger charge is -2.32. The predicted molar refractivity (Wildman–Crippen MR) is 87.6 cm³/mol. The van der Waals surface area contributed by atoms with Crippen molar-refractivity contribution in [2.24, 2.45) is 0 Å². The van der Waals surface area contributed by atoms with Crippen molar-refractivity contribution in [3.8, 4) is 0 Å². The molecule has 2 nitrogen and oxygen atoms in total. The lowest BCUT2D eigenvalue weighted by Crippen LogP contribution is -2.33. The number of nitrogens with zero attached hydrogens (tertiary/aromatic N) is 1. The number of aliphatic hydroxyl groups excluding tert-OH is 1. The molecular weight excluding hydrogens is 296 g/mol. The fraction of sp³-hybridized carbons (Fsp3) is 0.368. The summed E-state index contributed by atoms with van der Waals surface area (Å²) in [5.41, 5.74) is 2.08. The zero-order valence-electron chi connectivity index (χ0n) is 13.4. The van der Waals surface area contributed by atoms with Crippen LogP contribution in [0.25, 0.3) is 0 Å². The van der Waals surface area contributed by atoms with Crippen molar-refractivity contribution in [2.75, 3.05) is 18.1 Å². The molecule has 0 spiro atoms. The van der Waals surface area contributed by atoms with Crippen LogP contribution in [0.2, 0.25) is 0 Å². The topological polar surface area (TPSA) is 23.5 Å². The molecule has 1 aliphatic heterocycles. The van der Waals surface area contributed by atoms with Gasteiger partial charge in [-0.15, -0.1) is 0 Å². The van der Waals surface area contributed by atoms with E-state index < -0.39 is 0 Å². The number of hydrogen-bond acceptors (Lipinski definition) is 2. The van der Waals surface area contributed by atoms with Gasteiger partial charge in [-0.25, -0.2) is 8.78 Å². The third kappa shape index (κ3) is 2.83. The van der Waals surface area contributed by atoms with E-state index in [9.17, 15) is 13.9 Å². The van der Waals surface area contributed by atoms with Crippen LogP contribution in [0.4, 0.5) is 14.5 Å². The van der Waals surface area contributed by atoms with Crippen molar-refractivity contribution in [2.45, 2.75) is 31.7 Å². The summed E-state index contributed by atoms with van der Waals surface area (Å²) in [5, 5.41) is 9.46. The van der Waals surface area contributed by atoms with E-state index in [0.29, 0.717) is 18.7 Å². The second kappa shape index (κ2) is 5.93. The lowest BCUT2D eigenvalue weighted by atomic mass is 9.87. The van der Waals surface area contributed by atoms with Crippen molar-refractivity contribution < 1.29 is 13.9 Å². The van der Waals surface area contributed by atoms with Crippen LogP contribution in [-0.4, -0.2) is 18.3 Å². The monoisotopic (exact) mass is 317 g/mol. The first-order chi connectivity index (χ1) is 10.9. The van der Waals surface area contributed by atoms with E-state index in [0.717, 1.165) is 11.1 Å². The summed E-state index contributed by atoms with van der Waals surface area (Å²) in [7, 11) is 0. The first kappa shape index (κ1) is 15.9. The molecular formula is C19H21F2NO. The van der Waals surface area contributed by atoms with Gasteiger partial charge in [-0.3, -0.25) is 0 Å². The fourth-order valence-electron chi connectivity index (χ4n) is 3.55. The van der Waals surface area contributed by atoms with Gasteiger partial charge in [0.05, 0.1) is 11.7 Å². The van der Waals surface area contributed by atoms with Gasteiger partial charge < -0.3 is 10.0 Å². The zero-order valence-corrected chi connectivity index (χ0v) is 13.4. The van der Waals surface area contributed by atoms with E-state index in [2.05, 4.69) is 13.8 Å². The largest absolute Gasteiger partial charge is 0.396 e. The van der Waals surface area contributed by atoms with Crippen LogP contribution in [0.1, 0.15) is 37.4 Å². The summed E-state index contributed by atoms with van der Waals surface area (Å²) in [5.74, 6) is -0.593. The maximum Gasteiger partial charge on any atom is 0.146 e. The molecule has 1 atom stereocenters. The lowest BCUT2D eigenvalue weighted by molar-refractivity contribution is 0.272. The average Bonchev–Trinajstić information content (AvgIpc) is 2.78. The first-order valence-corrected chi connectivity index (χ1v) is 7.86. The Bertz CT molecular complexity index is 714. The van der Waals surface area contributed by atoms with Crippen LogP contribution >= 0.6 is 0 Å². The highest BCUT2D eigenvalue weighted by Crippen LogP contribution is 2.46. The number of benzene rings is 2. The second-order valence-corrected chi connectivity index (χ2v) is 6.73. The smallest absolute Gasteiger partial charge is 0.146 e. The molecule has 0 radical (unpaired) electrons. The Balaban J connectivity index is 2.09. The number of rotatable bonds is 4. The minimum atomic E-state index is -0.322. The van der Waals surface area contributed by atoms with Crippen LogP contribution in [-0.2, 0) is 5.41 Å². The summed E-state index contributed by atoms with van der Waals surface area (Å²) in [6.07, 6.45) is 0.424. The third-order valence-electron chi connectivity index (χ3n) is 4.58. The van der Waals surface area contributed by atoms with Crippen LogP contribution in [0.3, 0.4) is 0 Å². The van der Waals surface area contributed by atoms with Gasteiger partial charge in [0.15, 0.2) is 0 Å². The number of fused-ring (bicyclic) bond motifs is 1. The van der Waals surface area contributed by atoms with Gasteiger partial charge in [0.2, 0.25) is 0 Å². The maximum absolute atomic E-state index is 14.5. The molecule has 1 N–H and O–H groups in total. The highest BCUT2D eigenvalue weighted by Gasteiger charge is 2.40. The molecule has 1 heterocycles. The number of para-hydroxylation sites is 1. The van der Waals surface area contributed by atoms with Crippen molar-refractivity contribution in [3.05, 3.63) is 65.2 Å². The van der Waals surface area contributed by atoms with E-state index in [1.165, 1.54) is 18.2 Å². The van der Waals surface area contributed by atoms with Gasteiger partial charge in [0.25, 0.3) is 0 Å². The maximum atomic E-state index is 14.5. The molecule has 0 aromatic heterocycles. The van der Waals surface area contributed by atoms with Crippen LogP contribution in [0.15, 0.2) is 42.5 Å². The number of halogens is 2. The first-order valence-electron chi connectivity index (χ1n) is 7.86. The average molecular weight is 317 g/mol. The van der Waals surface area contributed by atoms with E-state index in [-0.39, 0.29) is 29.7 Å². The normalized spacial score (nSPS) is 17.2. The number of aliphatic hydroxyl groups is 1. The van der Waals surface area contributed by atoms with Crippen molar-refractivity contribution >= 4 is 5.69 Å². The summed E-state index contributed by atoms with van der Waals surface area (Å²) >= 11 is 0. The van der Waals surface area contributed by atoms with Crippen molar-refractivity contribution in [3.63, 3.8) is 0 Å². The minimum absolute atomic E-state index is 0.0398. The molecule has 0 bridgehead atoms. The van der Waals surface area contributed by atoms with Gasteiger partial charge in [0, 0.05) is 18.6 Å². The Morgan fingerprint density at radius 3 is 2.61 bits per heavy atom. The molecule has 122 valence electrons. The zero-order chi connectivity index (χ0) is 16.6. The van der Waals surface area contributed by atoms with Gasteiger partial charge >= 0.3 is 0 Å². The molecule has 0 amide bonds. The third-order valence-corrected chi connectivity index (χ3v) is 4.58. The Morgan fingerprint density at radius 2 is 1.91 bits per heavy atom. The van der Waals surface area contributed by atoms with Gasteiger partial charge in [-0.2, -0.15) is 0 Å². The summed E-state index contributed by atoms with van der Waals surface area (Å²) < 4.78 is 28.1. The molecule has 0 fully saturated rings.